The van der Waals surface area contributed by atoms with E-state index in [-0.39, 0.29) is 6.10 Å². The smallest absolute Gasteiger partial charge is 0.366 e. The summed E-state index contributed by atoms with van der Waals surface area (Å²) in [7, 11) is -0.836. The molecule has 2 nitrogen and oxygen atoms in total. The van der Waals surface area contributed by atoms with Gasteiger partial charge in [0.05, 0.1) is 0 Å². The molecule has 0 N–H and O–H groups in total. The molecule has 4 heteroatoms. The zero-order valence-electron chi connectivity index (χ0n) is 6.72. The molecule has 0 aliphatic rings. The first kappa shape index (κ1) is 10.1. The second kappa shape index (κ2) is 5.82. The Hall–Kier alpha value is 0.0669. The maximum atomic E-state index is 5.24. The van der Waals surface area contributed by atoms with Crippen LogP contribution in [0.5, 0.6) is 0 Å². The molecule has 0 aromatic rings. The Labute approximate surface area is 70.0 Å². The molecule has 0 saturated carbocycles. The normalized spacial score (nSPS) is 11.2. The summed E-state index contributed by atoms with van der Waals surface area (Å²) in [6.07, 6.45) is 1.08. The molecule has 0 aliphatic carbocycles. The average molecular weight is 178 g/mol. The van der Waals surface area contributed by atoms with Crippen LogP contribution in [0.15, 0.2) is 0 Å². The fourth-order valence-corrected chi connectivity index (χ4v) is 1.16. The van der Waals surface area contributed by atoms with Gasteiger partial charge in [0.15, 0.2) is 0 Å². The van der Waals surface area contributed by atoms with Crippen molar-refractivity contribution in [1.29, 1.82) is 0 Å². The van der Waals surface area contributed by atoms with E-state index in [1.807, 2.05) is 20.8 Å². The lowest BCUT2D eigenvalue weighted by atomic mass is 10.5. The van der Waals surface area contributed by atoms with Gasteiger partial charge in [-0.3, -0.25) is 0 Å². The van der Waals surface area contributed by atoms with Crippen LogP contribution in [0.25, 0.3) is 0 Å². The highest BCUT2D eigenvalue weighted by atomic mass is 32.1. The molecule has 0 spiro atoms. The van der Waals surface area contributed by atoms with Crippen molar-refractivity contribution >= 4 is 27.3 Å². The number of rotatable bonds is 4. The zero-order valence-corrected chi connectivity index (χ0v) is 8.95. The van der Waals surface area contributed by atoms with Gasteiger partial charge in [0.25, 0.3) is 0 Å². The van der Waals surface area contributed by atoms with Crippen LogP contribution in [0, 0.1) is 0 Å². The van der Waals surface area contributed by atoms with Crippen molar-refractivity contribution in [2.45, 2.75) is 33.3 Å². The van der Waals surface area contributed by atoms with Crippen LogP contribution < -0.4 is 0 Å². The van der Waals surface area contributed by atoms with Crippen LogP contribution in [0.4, 0.5) is 0 Å². The van der Waals surface area contributed by atoms with Gasteiger partial charge in [-0.1, -0.05) is 6.92 Å². The summed E-state index contributed by atoms with van der Waals surface area (Å²) in [5.41, 5.74) is 0. The summed E-state index contributed by atoms with van der Waals surface area (Å²) >= 11 is 4.84. The quantitative estimate of drug-likeness (QED) is 0.475. The van der Waals surface area contributed by atoms with Crippen molar-refractivity contribution in [3.63, 3.8) is 0 Å². The highest BCUT2D eigenvalue weighted by molar-refractivity contribution is 7.80. The second-order valence-electron chi connectivity index (χ2n) is 2.20. The van der Waals surface area contributed by atoms with Gasteiger partial charge in [-0.25, -0.2) is 0 Å². The fourth-order valence-electron chi connectivity index (χ4n) is 0.338. The molecular weight excluding hydrogens is 164 g/mol. The van der Waals surface area contributed by atoms with Crippen molar-refractivity contribution < 1.29 is 8.85 Å². The van der Waals surface area contributed by atoms with Crippen LogP contribution in [0.2, 0.25) is 0 Å². The van der Waals surface area contributed by atoms with Crippen LogP contribution in [-0.2, 0) is 8.85 Å². The van der Waals surface area contributed by atoms with Gasteiger partial charge in [0.2, 0.25) is 0 Å². The van der Waals surface area contributed by atoms with Gasteiger partial charge < -0.3 is 8.85 Å². The van der Waals surface area contributed by atoms with Crippen molar-refractivity contribution in [1.82, 2.24) is 0 Å². The third kappa shape index (κ3) is 6.19. The van der Waals surface area contributed by atoms with Crippen LogP contribution in [-0.4, -0.2) is 21.2 Å². The van der Waals surface area contributed by atoms with Gasteiger partial charge in [-0.05, 0) is 26.1 Å². The largest absolute Gasteiger partial charge is 0.520 e. The van der Waals surface area contributed by atoms with Gasteiger partial charge >= 0.3 is 10.0 Å². The molecule has 0 aromatic carbocycles. The SMILES string of the molecule is CCC(=S)O[SiH2]OC(C)C. The number of thiocarbonyl (C=S) groups is 1. The Kier molecular flexibility index (Phi) is 5.86. The number of hydrogen-bond acceptors (Lipinski definition) is 3. The Morgan fingerprint density at radius 3 is 2.60 bits per heavy atom. The molecule has 10 heavy (non-hydrogen) atoms. The Bertz CT molecular complexity index is 106. The summed E-state index contributed by atoms with van der Waals surface area (Å²) in [6, 6.07) is 0. The molecular formula is C6H14O2SSi. The second-order valence-corrected chi connectivity index (χ2v) is 3.52. The van der Waals surface area contributed by atoms with Gasteiger partial charge in [0.1, 0.15) is 5.05 Å². The van der Waals surface area contributed by atoms with Crippen LogP contribution in [0.3, 0.4) is 0 Å². The molecule has 0 aromatic heterocycles. The Balaban J connectivity index is 3.12. The molecule has 0 heterocycles. The van der Waals surface area contributed by atoms with E-state index in [4.69, 9.17) is 21.1 Å². The molecule has 0 saturated heterocycles. The summed E-state index contributed by atoms with van der Waals surface area (Å²) in [4.78, 5) is 0. The van der Waals surface area contributed by atoms with E-state index in [9.17, 15) is 0 Å². The lowest BCUT2D eigenvalue weighted by Gasteiger charge is -2.08. The van der Waals surface area contributed by atoms with E-state index >= 15 is 0 Å². The molecule has 60 valence electrons. The topological polar surface area (TPSA) is 18.5 Å². The molecule has 0 atom stereocenters. The predicted octanol–water partition coefficient (Wildman–Crippen LogP) is 1.16. The molecule has 0 rings (SSSR count). The standard InChI is InChI=1S/C6H14O2SSi/c1-4-6(9)8-10-7-5(2)3/h5H,4,10H2,1-3H3. The summed E-state index contributed by atoms with van der Waals surface area (Å²) in [6.45, 7) is 5.96. The van der Waals surface area contributed by atoms with Crippen molar-refractivity contribution in [3.05, 3.63) is 0 Å². The van der Waals surface area contributed by atoms with Crippen molar-refractivity contribution in [3.8, 4) is 0 Å². The van der Waals surface area contributed by atoms with E-state index in [2.05, 4.69) is 0 Å². The lowest BCUT2D eigenvalue weighted by molar-refractivity contribution is 0.221. The third-order valence-electron chi connectivity index (χ3n) is 0.910. The van der Waals surface area contributed by atoms with Crippen molar-refractivity contribution in [2.24, 2.45) is 0 Å². The van der Waals surface area contributed by atoms with Gasteiger partial charge in [0, 0.05) is 12.5 Å². The monoisotopic (exact) mass is 178 g/mol. The van der Waals surface area contributed by atoms with Gasteiger partial charge in [-0.2, -0.15) is 0 Å². The predicted molar refractivity (Wildman–Crippen MR) is 48.7 cm³/mol. The minimum absolute atomic E-state index is 0.270. The Morgan fingerprint density at radius 1 is 1.60 bits per heavy atom. The van der Waals surface area contributed by atoms with Crippen LogP contribution >= 0.6 is 12.2 Å². The van der Waals surface area contributed by atoms with E-state index in [1.165, 1.54) is 0 Å². The molecule has 0 unspecified atom stereocenters. The zero-order chi connectivity index (χ0) is 7.98. The number of hydrogen-bond donors (Lipinski definition) is 0. The first-order valence-corrected chi connectivity index (χ1v) is 5.00. The van der Waals surface area contributed by atoms with E-state index < -0.39 is 10.0 Å². The van der Waals surface area contributed by atoms with Crippen molar-refractivity contribution in [2.75, 3.05) is 0 Å². The first-order valence-electron chi connectivity index (χ1n) is 3.44. The highest BCUT2D eigenvalue weighted by Gasteiger charge is 1.95. The van der Waals surface area contributed by atoms with Gasteiger partial charge in [-0.15, -0.1) is 0 Å². The summed E-state index contributed by atoms with van der Waals surface area (Å²) in [5, 5.41) is 0.673. The maximum Gasteiger partial charge on any atom is 0.366 e. The Morgan fingerprint density at radius 2 is 2.20 bits per heavy atom. The lowest BCUT2D eigenvalue weighted by Crippen LogP contribution is -2.13. The average Bonchev–Trinajstić information content (AvgIpc) is 1.87. The van der Waals surface area contributed by atoms with E-state index in [1.54, 1.807) is 0 Å². The maximum absolute atomic E-state index is 5.24. The molecule has 0 amide bonds. The minimum Gasteiger partial charge on any atom is -0.520 e. The van der Waals surface area contributed by atoms with E-state index in [0.29, 0.717) is 5.05 Å². The summed E-state index contributed by atoms with van der Waals surface area (Å²) < 4.78 is 10.4. The highest BCUT2D eigenvalue weighted by Crippen LogP contribution is 1.90. The first-order chi connectivity index (χ1) is 4.66. The molecule has 0 aliphatic heterocycles. The molecule has 0 fully saturated rings. The third-order valence-corrected chi connectivity index (χ3v) is 2.79. The molecule has 0 radical (unpaired) electrons. The molecule has 0 bridgehead atoms. The summed E-state index contributed by atoms with van der Waals surface area (Å²) in [5.74, 6) is 0. The van der Waals surface area contributed by atoms with Crippen LogP contribution in [0.1, 0.15) is 27.2 Å². The van der Waals surface area contributed by atoms with E-state index in [0.717, 1.165) is 6.42 Å². The minimum atomic E-state index is -0.836. The fraction of sp³-hybridized carbons (Fsp3) is 0.833.